The molecule has 0 radical (unpaired) electrons. The molecule has 1 heterocycles. The molecule has 2 aromatic carbocycles. The molecule has 0 amide bonds. The molecule has 0 aliphatic heterocycles. The van der Waals surface area contributed by atoms with Gasteiger partial charge in [-0.15, -0.1) is 0 Å². The summed E-state index contributed by atoms with van der Waals surface area (Å²) in [6, 6.07) is 22.0. The maximum absolute atomic E-state index is 11.3. The highest BCUT2D eigenvalue weighted by Crippen LogP contribution is 2.32. The highest BCUT2D eigenvalue weighted by molar-refractivity contribution is 5.92. The Labute approximate surface area is 148 Å². The standard InChI is InChI=1S/C22H21NO2/c1-16(24)21-14-13-20(15-23-21)25-19-11-9-18(10-12-19)22(2,3)17-7-5-4-6-8-17/h4-15H,1-3H3. The molecule has 0 saturated heterocycles. The number of pyridine rings is 1. The van der Waals surface area contributed by atoms with E-state index in [1.807, 2.05) is 18.2 Å². The van der Waals surface area contributed by atoms with Crippen LogP contribution in [0, 0.1) is 0 Å². The first-order chi connectivity index (χ1) is 12.0. The van der Waals surface area contributed by atoms with E-state index in [0.717, 1.165) is 5.75 Å². The first kappa shape index (κ1) is 16.9. The minimum absolute atomic E-state index is 0.0564. The number of benzene rings is 2. The molecule has 3 heteroatoms. The number of Topliss-reactive ketones (excluding diaryl/α,β-unsaturated/α-hetero) is 1. The summed E-state index contributed by atoms with van der Waals surface area (Å²) < 4.78 is 5.81. The molecule has 0 spiro atoms. The Balaban J connectivity index is 1.77. The predicted molar refractivity (Wildman–Crippen MR) is 99.3 cm³/mol. The zero-order chi connectivity index (χ0) is 17.9. The second kappa shape index (κ2) is 6.89. The van der Waals surface area contributed by atoms with Gasteiger partial charge in [0.1, 0.15) is 17.2 Å². The van der Waals surface area contributed by atoms with Crippen LogP contribution in [0.4, 0.5) is 0 Å². The van der Waals surface area contributed by atoms with Crippen molar-refractivity contribution in [1.29, 1.82) is 0 Å². The first-order valence-electron chi connectivity index (χ1n) is 8.28. The second-order valence-corrected chi connectivity index (χ2v) is 6.55. The van der Waals surface area contributed by atoms with E-state index >= 15 is 0 Å². The van der Waals surface area contributed by atoms with Gasteiger partial charge in [-0.05, 0) is 35.4 Å². The van der Waals surface area contributed by atoms with Gasteiger partial charge in [0, 0.05) is 12.3 Å². The van der Waals surface area contributed by atoms with Crippen LogP contribution < -0.4 is 4.74 Å². The van der Waals surface area contributed by atoms with Crippen molar-refractivity contribution in [3.05, 3.63) is 89.7 Å². The highest BCUT2D eigenvalue weighted by atomic mass is 16.5. The maximum Gasteiger partial charge on any atom is 0.178 e. The topological polar surface area (TPSA) is 39.2 Å². The number of carbonyl (C=O) groups is 1. The summed E-state index contributed by atoms with van der Waals surface area (Å²) in [7, 11) is 0. The molecule has 126 valence electrons. The zero-order valence-corrected chi connectivity index (χ0v) is 14.7. The minimum atomic E-state index is -0.0789. The van der Waals surface area contributed by atoms with E-state index in [1.165, 1.54) is 18.1 Å². The lowest BCUT2D eigenvalue weighted by Gasteiger charge is -2.26. The predicted octanol–water partition coefficient (Wildman–Crippen LogP) is 5.40. The van der Waals surface area contributed by atoms with Crippen LogP contribution in [0.1, 0.15) is 42.4 Å². The van der Waals surface area contributed by atoms with Crippen molar-refractivity contribution in [3.8, 4) is 11.5 Å². The first-order valence-corrected chi connectivity index (χ1v) is 8.28. The molecule has 3 rings (SSSR count). The van der Waals surface area contributed by atoms with Gasteiger partial charge in [-0.1, -0.05) is 56.3 Å². The zero-order valence-electron chi connectivity index (χ0n) is 14.7. The average molecular weight is 331 g/mol. The largest absolute Gasteiger partial charge is 0.456 e. The van der Waals surface area contributed by atoms with Gasteiger partial charge in [0.2, 0.25) is 0 Å². The van der Waals surface area contributed by atoms with E-state index in [1.54, 1.807) is 18.3 Å². The summed E-state index contributed by atoms with van der Waals surface area (Å²) in [4.78, 5) is 15.4. The summed E-state index contributed by atoms with van der Waals surface area (Å²) in [6.07, 6.45) is 1.57. The Kier molecular flexibility index (Phi) is 4.66. The average Bonchev–Trinajstić information content (AvgIpc) is 2.63. The number of hydrogen-bond acceptors (Lipinski definition) is 3. The van der Waals surface area contributed by atoms with Crippen molar-refractivity contribution in [2.24, 2.45) is 0 Å². The number of aromatic nitrogens is 1. The van der Waals surface area contributed by atoms with Gasteiger partial charge in [0.15, 0.2) is 5.78 Å². The van der Waals surface area contributed by atoms with Gasteiger partial charge in [0.25, 0.3) is 0 Å². The molecule has 0 aliphatic carbocycles. The third-order valence-electron chi connectivity index (χ3n) is 4.40. The fourth-order valence-electron chi connectivity index (χ4n) is 2.75. The Bertz CT molecular complexity index is 851. The van der Waals surface area contributed by atoms with E-state index in [9.17, 15) is 4.79 Å². The van der Waals surface area contributed by atoms with Crippen LogP contribution >= 0.6 is 0 Å². The smallest absolute Gasteiger partial charge is 0.178 e. The number of carbonyl (C=O) groups excluding carboxylic acids is 1. The van der Waals surface area contributed by atoms with Crippen LogP contribution in [-0.2, 0) is 5.41 Å². The molecule has 0 atom stereocenters. The molecular weight excluding hydrogens is 310 g/mol. The fraction of sp³-hybridized carbons (Fsp3) is 0.182. The van der Waals surface area contributed by atoms with Crippen molar-refractivity contribution in [1.82, 2.24) is 4.98 Å². The molecular formula is C22H21NO2. The number of nitrogens with zero attached hydrogens (tertiary/aromatic N) is 1. The summed E-state index contributed by atoms with van der Waals surface area (Å²) in [5, 5.41) is 0. The van der Waals surface area contributed by atoms with Crippen molar-refractivity contribution in [2.45, 2.75) is 26.2 Å². The summed E-state index contributed by atoms with van der Waals surface area (Å²) in [6.45, 7) is 5.92. The van der Waals surface area contributed by atoms with E-state index in [2.05, 4.69) is 55.2 Å². The van der Waals surface area contributed by atoms with E-state index < -0.39 is 0 Å². The third-order valence-corrected chi connectivity index (χ3v) is 4.40. The molecule has 0 N–H and O–H groups in total. The molecule has 1 aromatic heterocycles. The number of ketones is 1. The molecule has 25 heavy (non-hydrogen) atoms. The van der Waals surface area contributed by atoms with Crippen LogP contribution in [0.2, 0.25) is 0 Å². The van der Waals surface area contributed by atoms with Gasteiger partial charge in [-0.3, -0.25) is 4.79 Å². The lowest BCUT2D eigenvalue weighted by molar-refractivity contribution is 0.101. The molecule has 0 fully saturated rings. The molecule has 0 bridgehead atoms. The SMILES string of the molecule is CC(=O)c1ccc(Oc2ccc(C(C)(C)c3ccccc3)cc2)cn1. The van der Waals surface area contributed by atoms with Gasteiger partial charge in [0.05, 0.1) is 6.20 Å². The Morgan fingerprint density at radius 3 is 2.00 bits per heavy atom. The van der Waals surface area contributed by atoms with Gasteiger partial charge >= 0.3 is 0 Å². The summed E-state index contributed by atoms with van der Waals surface area (Å²) >= 11 is 0. The summed E-state index contributed by atoms with van der Waals surface area (Å²) in [5.74, 6) is 1.30. The number of hydrogen-bond donors (Lipinski definition) is 0. The van der Waals surface area contributed by atoms with Crippen molar-refractivity contribution in [2.75, 3.05) is 0 Å². The van der Waals surface area contributed by atoms with Crippen molar-refractivity contribution < 1.29 is 9.53 Å². The molecule has 0 aliphatic rings. The monoisotopic (exact) mass is 331 g/mol. The quantitative estimate of drug-likeness (QED) is 0.587. The van der Waals surface area contributed by atoms with Gasteiger partial charge in [-0.2, -0.15) is 0 Å². The molecule has 3 aromatic rings. The Morgan fingerprint density at radius 2 is 1.44 bits per heavy atom. The van der Waals surface area contributed by atoms with Crippen LogP contribution in [0.3, 0.4) is 0 Å². The number of rotatable bonds is 5. The van der Waals surface area contributed by atoms with Crippen LogP contribution in [0.5, 0.6) is 11.5 Å². The van der Waals surface area contributed by atoms with Gasteiger partial charge < -0.3 is 4.74 Å². The summed E-state index contributed by atoms with van der Waals surface area (Å²) in [5.41, 5.74) is 2.85. The van der Waals surface area contributed by atoms with Crippen molar-refractivity contribution in [3.63, 3.8) is 0 Å². The minimum Gasteiger partial charge on any atom is -0.456 e. The Hall–Kier alpha value is -2.94. The second-order valence-electron chi connectivity index (χ2n) is 6.55. The highest BCUT2D eigenvalue weighted by Gasteiger charge is 2.22. The third kappa shape index (κ3) is 3.77. The van der Waals surface area contributed by atoms with Crippen LogP contribution in [0.25, 0.3) is 0 Å². The van der Waals surface area contributed by atoms with Gasteiger partial charge in [-0.25, -0.2) is 4.98 Å². The molecule has 0 unspecified atom stereocenters. The van der Waals surface area contributed by atoms with Crippen LogP contribution in [-0.4, -0.2) is 10.8 Å². The Morgan fingerprint density at radius 1 is 0.840 bits per heavy atom. The van der Waals surface area contributed by atoms with Crippen LogP contribution in [0.15, 0.2) is 72.9 Å². The molecule has 3 nitrogen and oxygen atoms in total. The number of ether oxygens (including phenoxy) is 1. The van der Waals surface area contributed by atoms with E-state index in [0.29, 0.717) is 11.4 Å². The lowest BCUT2D eigenvalue weighted by Crippen LogP contribution is -2.18. The lowest BCUT2D eigenvalue weighted by atomic mass is 9.78. The maximum atomic E-state index is 11.3. The fourth-order valence-corrected chi connectivity index (χ4v) is 2.75. The molecule has 0 saturated carbocycles. The normalized spacial score (nSPS) is 11.2. The van der Waals surface area contributed by atoms with E-state index in [4.69, 9.17) is 4.74 Å². The van der Waals surface area contributed by atoms with E-state index in [-0.39, 0.29) is 11.2 Å². The van der Waals surface area contributed by atoms with Crippen molar-refractivity contribution >= 4 is 5.78 Å².